The molecule has 0 unspecified atom stereocenters. The van der Waals surface area contributed by atoms with Crippen molar-refractivity contribution in [2.45, 2.75) is 67.7 Å². The highest BCUT2D eigenvalue weighted by Gasteiger charge is 2.59. The van der Waals surface area contributed by atoms with E-state index in [1.165, 1.54) is 50.1 Å². The predicted molar refractivity (Wildman–Crippen MR) is 165 cm³/mol. The second kappa shape index (κ2) is 8.88. The van der Waals surface area contributed by atoms with Crippen molar-refractivity contribution in [3.8, 4) is 22.6 Å². The van der Waals surface area contributed by atoms with Gasteiger partial charge in [-0.1, -0.05) is 69.4 Å². The van der Waals surface area contributed by atoms with E-state index in [9.17, 15) is 0 Å². The average molecular weight is 521 g/mol. The van der Waals surface area contributed by atoms with Crippen molar-refractivity contribution in [3.63, 3.8) is 0 Å². The van der Waals surface area contributed by atoms with Crippen molar-refractivity contribution in [2.24, 2.45) is 16.2 Å². The zero-order chi connectivity index (χ0) is 28.7. The third-order valence-corrected chi connectivity index (χ3v) is 10.5. The van der Waals surface area contributed by atoms with Crippen LogP contribution in [0.3, 0.4) is 0 Å². The number of methoxy groups -OCH3 is 2. The molecule has 2 nitrogen and oxygen atoms in total. The zero-order valence-corrected chi connectivity index (χ0v) is 25.4. The topological polar surface area (TPSA) is 18.5 Å². The standard InChI is InChI=1S/C37H44O2/c1-21(2)32-23(4)18-36(9)20-35(8)19-30-28(29-17-27(38-11)14-16-31(29)39-12)15-13-22(3)33(30)24(5)34(35)26(7)37(36,10)25(32)6/h13-17H,1,5-6,18-20H2,2-4,7-12H3/t35-,36+,37-/m1/s1. The largest absolute Gasteiger partial charge is 0.497 e. The van der Waals surface area contributed by atoms with E-state index >= 15 is 0 Å². The molecule has 0 heterocycles. The van der Waals surface area contributed by atoms with Crippen molar-refractivity contribution >= 4 is 5.57 Å². The predicted octanol–water partition coefficient (Wildman–Crippen LogP) is 9.84. The van der Waals surface area contributed by atoms with Gasteiger partial charge in [-0.15, -0.1) is 0 Å². The lowest BCUT2D eigenvalue weighted by molar-refractivity contribution is 0.0544. The zero-order valence-electron chi connectivity index (χ0n) is 25.4. The van der Waals surface area contributed by atoms with Gasteiger partial charge in [0.15, 0.2) is 0 Å². The van der Waals surface area contributed by atoms with Gasteiger partial charge in [-0.3, -0.25) is 0 Å². The summed E-state index contributed by atoms with van der Waals surface area (Å²) in [6.07, 6.45) is 3.08. The Kier molecular flexibility index (Phi) is 6.22. The third kappa shape index (κ3) is 3.60. The van der Waals surface area contributed by atoms with E-state index in [1.54, 1.807) is 14.2 Å². The fourth-order valence-corrected chi connectivity index (χ4v) is 8.82. The Balaban J connectivity index is 1.78. The van der Waals surface area contributed by atoms with E-state index in [2.05, 4.69) is 73.2 Å². The van der Waals surface area contributed by atoms with Gasteiger partial charge in [-0.05, 0) is 121 Å². The van der Waals surface area contributed by atoms with E-state index in [4.69, 9.17) is 22.6 Å². The summed E-state index contributed by atoms with van der Waals surface area (Å²) in [5, 5.41) is 0. The monoisotopic (exact) mass is 520 g/mol. The normalized spacial score (nSPS) is 28.1. The Morgan fingerprint density at radius 1 is 0.897 bits per heavy atom. The number of benzene rings is 2. The Morgan fingerprint density at radius 2 is 1.59 bits per heavy atom. The molecular formula is C37H44O2. The van der Waals surface area contributed by atoms with Crippen LogP contribution in [-0.2, 0) is 6.42 Å². The molecule has 0 N–H and O–H groups in total. The maximum Gasteiger partial charge on any atom is 0.126 e. The Hall–Kier alpha value is -3.26. The van der Waals surface area contributed by atoms with E-state index in [0.29, 0.717) is 0 Å². The molecule has 0 saturated heterocycles. The molecule has 3 aliphatic carbocycles. The highest BCUT2D eigenvalue weighted by Crippen LogP contribution is 2.70. The summed E-state index contributed by atoms with van der Waals surface area (Å²) in [4.78, 5) is 0. The summed E-state index contributed by atoms with van der Waals surface area (Å²) in [5.41, 5.74) is 15.1. The molecule has 0 bridgehead atoms. The number of fused-ring (bicyclic) bond motifs is 3. The lowest BCUT2D eigenvalue weighted by atomic mass is 9.41. The lowest BCUT2D eigenvalue weighted by Crippen LogP contribution is -2.52. The molecule has 2 aromatic rings. The number of hydrogen-bond acceptors (Lipinski definition) is 2. The summed E-state index contributed by atoms with van der Waals surface area (Å²) in [6, 6.07) is 10.6. The Morgan fingerprint density at radius 3 is 2.21 bits per heavy atom. The second-order valence-corrected chi connectivity index (χ2v) is 13.0. The van der Waals surface area contributed by atoms with Crippen molar-refractivity contribution in [1.29, 1.82) is 0 Å². The van der Waals surface area contributed by atoms with Crippen LogP contribution < -0.4 is 9.47 Å². The maximum absolute atomic E-state index is 5.84. The van der Waals surface area contributed by atoms with Gasteiger partial charge in [0.1, 0.15) is 11.5 Å². The van der Waals surface area contributed by atoms with Gasteiger partial charge in [0.25, 0.3) is 0 Å². The fourth-order valence-electron chi connectivity index (χ4n) is 8.82. The molecular weight excluding hydrogens is 476 g/mol. The van der Waals surface area contributed by atoms with Crippen LogP contribution in [0.1, 0.15) is 71.1 Å². The van der Waals surface area contributed by atoms with E-state index in [-0.39, 0.29) is 16.2 Å². The van der Waals surface area contributed by atoms with Crippen LogP contribution in [0, 0.1) is 23.2 Å². The summed E-state index contributed by atoms with van der Waals surface area (Å²) < 4.78 is 11.5. The molecule has 39 heavy (non-hydrogen) atoms. The summed E-state index contributed by atoms with van der Waals surface area (Å²) in [7, 11) is 3.45. The minimum Gasteiger partial charge on any atom is -0.497 e. The van der Waals surface area contributed by atoms with Crippen molar-refractivity contribution in [3.05, 3.63) is 100 Å². The van der Waals surface area contributed by atoms with Gasteiger partial charge in [0, 0.05) is 11.0 Å². The van der Waals surface area contributed by atoms with Crippen LogP contribution >= 0.6 is 0 Å². The van der Waals surface area contributed by atoms with Crippen molar-refractivity contribution in [2.75, 3.05) is 14.2 Å². The van der Waals surface area contributed by atoms with Gasteiger partial charge in [0.05, 0.1) is 14.2 Å². The number of aryl methyl sites for hydroxylation is 1. The van der Waals surface area contributed by atoms with E-state index in [0.717, 1.165) is 47.5 Å². The first-order valence-electron chi connectivity index (χ1n) is 14.1. The minimum atomic E-state index is -0.155. The van der Waals surface area contributed by atoms with Crippen LogP contribution in [0.4, 0.5) is 0 Å². The van der Waals surface area contributed by atoms with Gasteiger partial charge in [-0.2, -0.15) is 0 Å². The SMILES string of the molecule is C=C(C)C1=C(C)C[C@@]2(C)C[C@@]3(C)Cc4c(-c5cc(OC)ccc5OC)ccc(C)c4C(=C)C3=C(C)[C@@]2(C)C1=C. The first-order chi connectivity index (χ1) is 18.2. The second-order valence-electron chi connectivity index (χ2n) is 13.0. The summed E-state index contributed by atoms with van der Waals surface area (Å²) in [5.74, 6) is 1.68. The van der Waals surface area contributed by atoms with Crippen LogP contribution in [0.25, 0.3) is 16.7 Å². The van der Waals surface area contributed by atoms with Crippen LogP contribution in [0.2, 0.25) is 0 Å². The molecule has 0 aromatic heterocycles. The minimum absolute atomic E-state index is 0.0433. The molecule has 3 aliphatic rings. The summed E-state index contributed by atoms with van der Waals surface area (Å²) >= 11 is 0. The first kappa shape index (κ1) is 27.3. The van der Waals surface area contributed by atoms with Crippen LogP contribution in [0.15, 0.2) is 83.5 Å². The van der Waals surface area contributed by atoms with Gasteiger partial charge >= 0.3 is 0 Å². The maximum atomic E-state index is 5.84. The third-order valence-electron chi connectivity index (χ3n) is 10.5. The lowest BCUT2D eigenvalue weighted by Gasteiger charge is -2.62. The molecule has 0 amide bonds. The molecule has 2 heteroatoms. The molecule has 0 saturated carbocycles. The summed E-state index contributed by atoms with van der Waals surface area (Å²) in [6.45, 7) is 30.3. The molecule has 204 valence electrons. The van der Waals surface area contributed by atoms with E-state index < -0.39 is 0 Å². The van der Waals surface area contributed by atoms with Gasteiger partial charge in [-0.25, -0.2) is 0 Å². The van der Waals surface area contributed by atoms with Crippen LogP contribution in [-0.4, -0.2) is 14.2 Å². The number of hydrogen-bond donors (Lipinski definition) is 0. The van der Waals surface area contributed by atoms with E-state index in [1.807, 2.05) is 12.1 Å². The fraction of sp³-hybridized carbons (Fsp3) is 0.405. The Bertz CT molecular complexity index is 1530. The Labute approximate surface area is 235 Å². The molecule has 0 aliphatic heterocycles. The van der Waals surface area contributed by atoms with Crippen LogP contribution in [0.5, 0.6) is 11.5 Å². The molecule has 0 spiro atoms. The highest BCUT2D eigenvalue weighted by atomic mass is 16.5. The highest BCUT2D eigenvalue weighted by molar-refractivity contribution is 5.91. The number of rotatable bonds is 4. The average Bonchev–Trinajstić information content (AvgIpc) is 2.85. The van der Waals surface area contributed by atoms with Crippen molar-refractivity contribution < 1.29 is 9.47 Å². The molecule has 2 aromatic carbocycles. The molecule has 0 radical (unpaired) electrons. The molecule has 3 atom stereocenters. The molecule has 5 rings (SSSR count). The number of allylic oxidation sites excluding steroid dienone is 7. The van der Waals surface area contributed by atoms with Crippen molar-refractivity contribution in [1.82, 2.24) is 0 Å². The molecule has 0 fully saturated rings. The quantitative estimate of drug-likeness (QED) is 0.399. The smallest absolute Gasteiger partial charge is 0.126 e. The van der Waals surface area contributed by atoms with Gasteiger partial charge in [0.2, 0.25) is 0 Å². The first-order valence-corrected chi connectivity index (χ1v) is 14.1. The number of ether oxygens (including phenoxy) is 2. The van der Waals surface area contributed by atoms with Gasteiger partial charge < -0.3 is 9.47 Å².